The van der Waals surface area contributed by atoms with E-state index in [1.165, 1.54) is 29.5 Å². The Morgan fingerprint density at radius 1 is 1.53 bits per heavy atom. The second-order valence-corrected chi connectivity index (χ2v) is 4.51. The lowest BCUT2D eigenvalue weighted by Crippen LogP contribution is -1.95. The normalized spacial score (nSPS) is 10.2. The second kappa shape index (κ2) is 5.11. The predicted molar refractivity (Wildman–Crippen MR) is 64.6 cm³/mol. The van der Waals surface area contributed by atoms with Gasteiger partial charge in [-0.05, 0) is 6.07 Å². The number of nitro benzene ring substituents is 1. The molecule has 1 aromatic carbocycles. The molecule has 1 aromatic heterocycles. The van der Waals surface area contributed by atoms with Crippen LogP contribution in [0.1, 0.15) is 4.88 Å². The highest BCUT2D eigenvalue weighted by Gasteiger charge is 2.11. The summed E-state index contributed by atoms with van der Waals surface area (Å²) in [5, 5.41) is 10.9. The van der Waals surface area contributed by atoms with E-state index in [0.717, 1.165) is 4.88 Å². The summed E-state index contributed by atoms with van der Waals surface area (Å²) in [4.78, 5) is 14.9. The highest BCUT2D eigenvalue weighted by Crippen LogP contribution is 2.29. The molecule has 2 rings (SSSR count). The van der Waals surface area contributed by atoms with Crippen LogP contribution < -0.4 is 4.74 Å². The molecule has 0 aliphatic carbocycles. The van der Waals surface area contributed by atoms with E-state index < -0.39 is 4.92 Å². The Labute approximate surface area is 106 Å². The molecule has 0 amide bonds. The molecule has 0 saturated heterocycles. The number of ether oxygens (including phenoxy) is 1. The predicted octanol–water partition coefficient (Wildman–Crippen LogP) is 3.28. The van der Waals surface area contributed by atoms with Crippen molar-refractivity contribution in [3.63, 3.8) is 0 Å². The lowest BCUT2D eigenvalue weighted by atomic mass is 10.3. The minimum Gasteiger partial charge on any atom is -0.486 e. The maximum Gasteiger partial charge on any atom is 0.273 e. The second-order valence-electron chi connectivity index (χ2n) is 3.13. The fourth-order valence-electron chi connectivity index (χ4n) is 1.18. The Kier molecular flexibility index (Phi) is 3.55. The molecule has 5 nitrogen and oxygen atoms in total. The van der Waals surface area contributed by atoms with Gasteiger partial charge in [-0.2, -0.15) is 0 Å². The van der Waals surface area contributed by atoms with Crippen molar-refractivity contribution in [3.05, 3.63) is 49.9 Å². The first-order chi connectivity index (χ1) is 8.16. The van der Waals surface area contributed by atoms with Gasteiger partial charge in [-0.15, -0.1) is 11.3 Å². The zero-order valence-corrected chi connectivity index (χ0v) is 10.1. The number of rotatable bonds is 4. The van der Waals surface area contributed by atoms with E-state index >= 15 is 0 Å². The monoisotopic (exact) mass is 270 g/mol. The zero-order valence-electron chi connectivity index (χ0n) is 8.50. The van der Waals surface area contributed by atoms with E-state index in [2.05, 4.69) is 4.98 Å². The summed E-state index contributed by atoms with van der Waals surface area (Å²) in [6.07, 6.45) is 1.68. The van der Waals surface area contributed by atoms with Crippen LogP contribution in [-0.2, 0) is 6.61 Å². The molecule has 0 radical (unpaired) electrons. The smallest absolute Gasteiger partial charge is 0.273 e. The standard InChI is InChI=1S/C10H7ClN2O3S/c11-9-2-1-7(13(14)15)3-10(9)16-5-8-4-12-6-17-8/h1-4,6H,5H2. The number of halogens is 1. The van der Waals surface area contributed by atoms with E-state index in [1.807, 2.05) is 0 Å². The van der Waals surface area contributed by atoms with Gasteiger partial charge in [-0.25, -0.2) is 0 Å². The van der Waals surface area contributed by atoms with Crippen LogP contribution in [0, 0.1) is 10.1 Å². The summed E-state index contributed by atoms with van der Waals surface area (Å²) in [5.74, 6) is 0.300. The molecular weight excluding hydrogens is 264 g/mol. The number of non-ortho nitro benzene ring substituents is 1. The molecular formula is C10H7ClN2O3S. The molecule has 0 bridgehead atoms. The largest absolute Gasteiger partial charge is 0.486 e. The summed E-state index contributed by atoms with van der Waals surface area (Å²) in [7, 11) is 0. The molecule has 7 heteroatoms. The first kappa shape index (κ1) is 11.8. The van der Waals surface area contributed by atoms with Crippen molar-refractivity contribution in [3.8, 4) is 5.75 Å². The molecule has 0 fully saturated rings. The van der Waals surface area contributed by atoms with Gasteiger partial charge in [-0.1, -0.05) is 11.6 Å². The third-order valence-corrected chi connectivity index (χ3v) is 3.04. The van der Waals surface area contributed by atoms with Crippen LogP contribution in [0.25, 0.3) is 0 Å². The molecule has 0 aliphatic rings. The third-order valence-electron chi connectivity index (χ3n) is 1.98. The van der Waals surface area contributed by atoms with Crippen molar-refractivity contribution in [1.29, 1.82) is 0 Å². The van der Waals surface area contributed by atoms with Crippen molar-refractivity contribution < 1.29 is 9.66 Å². The first-order valence-electron chi connectivity index (χ1n) is 4.61. The van der Waals surface area contributed by atoms with Gasteiger partial charge in [0, 0.05) is 12.3 Å². The summed E-state index contributed by atoms with van der Waals surface area (Å²) >= 11 is 7.33. The van der Waals surface area contributed by atoms with Gasteiger partial charge in [0.05, 0.1) is 26.4 Å². The van der Waals surface area contributed by atoms with Crippen LogP contribution in [-0.4, -0.2) is 9.91 Å². The number of hydrogen-bond donors (Lipinski definition) is 0. The number of nitro groups is 1. The Balaban J connectivity index is 2.14. The Hall–Kier alpha value is -1.66. The summed E-state index contributed by atoms with van der Waals surface area (Å²) in [6, 6.07) is 4.09. The van der Waals surface area contributed by atoms with Gasteiger partial charge in [-0.3, -0.25) is 15.1 Å². The Morgan fingerprint density at radius 3 is 3.00 bits per heavy atom. The summed E-state index contributed by atoms with van der Waals surface area (Å²) in [5.41, 5.74) is 1.64. The summed E-state index contributed by atoms with van der Waals surface area (Å²) < 4.78 is 5.41. The maximum absolute atomic E-state index is 10.6. The highest BCUT2D eigenvalue weighted by molar-refractivity contribution is 7.09. The van der Waals surface area contributed by atoms with Crippen LogP contribution in [0.5, 0.6) is 5.75 Å². The van der Waals surface area contributed by atoms with Crippen molar-refractivity contribution in [2.24, 2.45) is 0 Å². The molecule has 1 heterocycles. The van der Waals surface area contributed by atoms with E-state index in [-0.39, 0.29) is 5.69 Å². The minimum absolute atomic E-state index is 0.0475. The van der Waals surface area contributed by atoms with Gasteiger partial charge in [0.15, 0.2) is 0 Å². The molecule has 0 saturated carbocycles. The first-order valence-corrected chi connectivity index (χ1v) is 5.86. The quantitative estimate of drug-likeness (QED) is 0.632. The lowest BCUT2D eigenvalue weighted by Gasteiger charge is -2.05. The van der Waals surface area contributed by atoms with Gasteiger partial charge >= 0.3 is 0 Å². The maximum atomic E-state index is 10.6. The van der Waals surface area contributed by atoms with Crippen LogP contribution in [0.2, 0.25) is 5.02 Å². The van der Waals surface area contributed by atoms with Crippen molar-refractivity contribution in [2.75, 3.05) is 0 Å². The van der Waals surface area contributed by atoms with Gasteiger partial charge in [0.25, 0.3) is 5.69 Å². The van der Waals surface area contributed by atoms with E-state index in [0.29, 0.717) is 17.4 Å². The van der Waals surface area contributed by atoms with E-state index in [9.17, 15) is 10.1 Å². The molecule has 0 unspecified atom stereocenters. The molecule has 88 valence electrons. The Morgan fingerprint density at radius 2 is 2.35 bits per heavy atom. The van der Waals surface area contributed by atoms with E-state index in [1.54, 1.807) is 11.7 Å². The number of hydrogen-bond acceptors (Lipinski definition) is 5. The molecule has 0 spiro atoms. The number of aromatic nitrogens is 1. The lowest BCUT2D eigenvalue weighted by molar-refractivity contribution is -0.384. The molecule has 17 heavy (non-hydrogen) atoms. The summed E-state index contributed by atoms with van der Waals surface area (Å²) in [6.45, 7) is 0.297. The minimum atomic E-state index is -0.490. The van der Waals surface area contributed by atoms with Gasteiger partial charge < -0.3 is 4.74 Å². The van der Waals surface area contributed by atoms with Crippen LogP contribution in [0.15, 0.2) is 29.9 Å². The molecule has 0 atom stereocenters. The van der Waals surface area contributed by atoms with Crippen LogP contribution in [0.3, 0.4) is 0 Å². The SMILES string of the molecule is O=[N+]([O-])c1ccc(Cl)c(OCc2cncs2)c1. The van der Waals surface area contributed by atoms with E-state index in [4.69, 9.17) is 16.3 Å². The van der Waals surface area contributed by atoms with Crippen molar-refractivity contribution >= 4 is 28.6 Å². The third kappa shape index (κ3) is 2.92. The van der Waals surface area contributed by atoms with Gasteiger partial charge in [0.1, 0.15) is 12.4 Å². The molecule has 0 N–H and O–H groups in total. The fraction of sp³-hybridized carbons (Fsp3) is 0.100. The highest BCUT2D eigenvalue weighted by atomic mass is 35.5. The zero-order chi connectivity index (χ0) is 12.3. The van der Waals surface area contributed by atoms with Gasteiger partial charge in [0.2, 0.25) is 0 Å². The molecule has 0 aliphatic heterocycles. The number of thiazole rings is 1. The number of benzene rings is 1. The fourth-order valence-corrected chi connectivity index (χ4v) is 1.86. The average Bonchev–Trinajstić information content (AvgIpc) is 2.80. The topological polar surface area (TPSA) is 65.3 Å². The molecule has 2 aromatic rings. The van der Waals surface area contributed by atoms with Crippen LogP contribution >= 0.6 is 22.9 Å². The number of nitrogens with zero attached hydrogens (tertiary/aromatic N) is 2. The average molecular weight is 271 g/mol. The van der Waals surface area contributed by atoms with Crippen molar-refractivity contribution in [2.45, 2.75) is 6.61 Å². The van der Waals surface area contributed by atoms with Crippen LogP contribution in [0.4, 0.5) is 5.69 Å². The Bertz CT molecular complexity index is 530. The van der Waals surface area contributed by atoms with Crippen molar-refractivity contribution in [1.82, 2.24) is 4.98 Å².